The fourth-order valence-corrected chi connectivity index (χ4v) is 2.59. The first-order valence-electron chi connectivity index (χ1n) is 6.37. The molecule has 104 valence electrons. The van der Waals surface area contributed by atoms with Crippen LogP contribution in [0.2, 0.25) is 0 Å². The number of methoxy groups -OCH3 is 1. The molecule has 6 heteroatoms. The number of carboxylic acids is 1. The number of nitrogens with zero attached hydrogens (tertiary/aromatic N) is 3. The summed E-state index contributed by atoms with van der Waals surface area (Å²) in [5, 5.41) is 9.53. The molecule has 6 nitrogen and oxygen atoms in total. The van der Waals surface area contributed by atoms with Gasteiger partial charge in [-0.3, -0.25) is 0 Å². The second-order valence-corrected chi connectivity index (χ2v) is 5.02. The summed E-state index contributed by atoms with van der Waals surface area (Å²) < 4.78 is 5.18. The first kappa shape index (κ1) is 13.6. The lowest BCUT2D eigenvalue weighted by Gasteiger charge is -2.43. The maximum Gasteiger partial charge on any atom is 0.329 e. The zero-order valence-corrected chi connectivity index (χ0v) is 11.5. The molecule has 1 aliphatic rings. The lowest BCUT2D eigenvalue weighted by molar-refractivity contribution is -0.143. The number of anilines is 1. The third kappa shape index (κ3) is 2.22. The molecule has 0 aromatic carbocycles. The second-order valence-electron chi connectivity index (χ2n) is 5.02. The predicted octanol–water partition coefficient (Wildman–Crippen LogP) is 1.63. The number of carbonyl (C=O) groups is 1. The van der Waals surface area contributed by atoms with Crippen LogP contribution in [0.5, 0.6) is 5.88 Å². The van der Waals surface area contributed by atoms with Gasteiger partial charge in [-0.2, -0.15) is 0 Å². The largest absolute Gasteiger partial charge is 0.481 e. The highest BCUT2D eigenvalue weighted by molar-refractivity contribution is 5.83. The number of aromatic nitrogens is 2. The maximum atomic E-state index is 11.6. The van der Waals surface area contributed by atoms with Crippen molar-refractivity contribution < 1.29 is 14.6 Å². The monoisotopic (exact) mass is 265 g/mol. The molecule has 0 aliphatic carbocycles. The van der Waals surface area contributed by atoms with Crippen molar-refractivity contribution >= 4 is 11.8 Å². The van der Waals surface area contributed by atoms with Gasteiger partial charge < -0.3 is 14.7 Å². The molecule has 0 spiro atoms. The summed E-state index contributed by atoms with van der Waals surface area (Å²) in [6.07, 6.45) is 3.92. The van der Waals surface area contributed by atoms with E-state index in [9.17, 15) is 9.90 Å². The highest BCUT2D eigenvalue weighted by atomic mass is 16.5. The minimum absolute atomic E-state index is 0.489. The van der Waals surface area contributed by atoms with Crippen molar-refractivity contribution in [2.24, 2.45) is 0 Å². The van der Waals surface area contributed by atoms with Gasteiger partial charge in [0.2, 0.25) is 5.88 Å². The van der Waals surface area contributed by atoms with Crippen LogP contribution in [-0.4, -0.2) is 40.2 Å². The third-order valence-corrected chi connectivity index (χ3v) is 3.81. The van der Waals surface area contributed by atoms with E-state index in [1.165, 1.54) is 6.33 Å². The van der Waals surface area contributed by atoms with E-state index >= 15 is 0 Å². The van der Waals surface area contributed by atoms with E-state index in [1.54, 1.807) is 14.0 Å². The van der Waals surface area contributed by atoms with E-state index in [0.29, 0.717) is 24.7 Å². The molecule has 0 radical (unpaired) electrons. The summed E-state index contributed by atoms with van der Waals surface area (Å²) in [5.41, 5.74) is -0.137. The van der Waals surface area contributed by atoms with Crippen LogP contribution >= 0.6 is 0 Å². The molecule has 1 aromatic heterocycles. The molecule has 1 aliphatic heterocycles. The van der Waals surface area contributed by atoms with E-state index in [2.05, 4.69) is 9.97 Å². The topological polar surface area (TPSA) is 75.6 Å². The molecular formula is C13H19N3O3. The van der Waals surface area contributed by atoms with Gasteiger partial charge in [0.15, 0.2) is 0 Å². The van der Waals surface area contributed by atoms with Crippen LogP contribution in [0.15, 0.2) is 6.33 Å². The quantitative estimate of drug-likeness (QED) is 0.895. The lowest BCUT2D eigenvalue weighted by Crippen LogP contribution is -2.56. The first-order chi connectivity index (χ1) is 9.00. The third-order valence-electron chi connectivity index (χ3n) is 3.81. The zero-order chi connectivity index (χ0) is 14.0. The van der Waals surface area contributed by atoms with E-state index in [-0.39, 0.29) is 0 Å². The SMILES string of the molecule is COc1ncnc(N2CCCCC2(C)C(=O)O)c1C. The molecule has 1 saturated heterocycles. The Morgan fingerprint density at radius 3 is 2.84 bits per heavy atom. The van der Waals surface area contributed by atoms with Gasteiger partial charge in [0, 0.05) is 6.54 Å². The molecule has 0 amide bonds. The number of piperidine rings is 1. The standard InChI is InChI=1S/C13H19N3O3/c1-9-10(14-8-15-11(9)19-3)16-7-5-4-6-13(16,2)12(17)18/h8H,4-7H2,1-3H3,(H,17,18). The molecular weight excluding hydrogens is 246 g/mol. The van der Waals surface area contributed by atoms with Crippen molar-refractivity contribution in [2.75, 3.05) is 18.6 Å². The fraction of sp³-hybridized carbons (Fsp3) is 0.615. The van der Waals surface area contributed by atoms with Gasteiger partial charge in [-0.1, -0.05) is 0 Å². The van der Waals surface area contributed by atoms with Gasteiger partial charge in [0.05, 0.1) is 12.7 Å². The van der Waals surface area contributed by atoms with Crippen LogP contribution in [0.3, 0.4) is 0 Å². The molecule has 2 heterocycles. The van der Waals surface area contributed by atoms with Crippen LogP contribution in [-0.2, 0) is 4.79 Å². The number of hydrogen-bond acceptors (Lipinski definition) is 5. The minimum Gasteiger partial charge on any atom is -0.481 e. The summed E-state index contributed by atoms with van der Waals surface area (Å²) in [6, 6.07) is 0. The van der Waals surface area contributed by atoms with Crippen molar-refractivity contribution in [2.45, 2.75) is 38.6 Å². The van der Waals surface area contributed by atoms with Gasteiger partial charge >= 0.3 is 5.97 Å². The van der Waals surface area contributed by atoms with Gasteiger partial charge in [-0.15, -0.1) is 0 Å². The average molecular weight is 265 g/mol. The Labute approximate surface area is 112 Å². The lowest BCUT2D eigenvalue weighted by atomic mass is 9.88. The Morgan fingerprint density at radius 1 is 1.47 bits per heavy atom. The molecule has 19 heavy (non-hydrogen) atoms. The smallest absolute Gasteiger partial charge is 0.329 e. The summed E-state index contributed by atoms with van der Waals surface area (Å²) in [5.74, 6) is 0.323. The normalized spacial score (nSPS) is 23.2. The highest BCUT2D eigenvalue weighted by Crippen LogP contribution is 2.35. The number of hydrogen-bond donors (Lipinski definition) is 1. The van der Waals surface area contributed by atoms with Gasteiger partial charge in [0.25, 0.3) is 0 Å². The van der Waals surface area contributed by atoms with Gasteiger partial charge in [0.1, 0.15) is 17.7 Å². The predicted molar refractivity (Wildman–Crippen MR) is 70.6 cm³/mol. The van der Waals surface area contributed by atoms with Gasteiger partial charge in [-0.05, 0) is 33.1 Å². The van der Waals surface area contributed by atoms with E-state index < -0.39 is 11.5 Å². The van der Waals surface area contributed by atoms with Crippen molar-refractivity contribution in [3.05, 3.63) is 11.9 Å². The summed E-state index contributed by atoms with van der Waals surface area (Å²) in [4.78, 5) is 21.8. The minimum atomic E-state index is -0.914. The molecule has 0 saturated carbocycles. The van der Waals surface area contributed by atoms with Crippen LogP contribution in [0.25, 0.3) is 0 Å². The summed E-state index contributed by atoms with van der Waals surface area (Å²) in [7, 11) is 1.55. The molecule has 1 fully saturated rings. The number of ether oxygens (including phenoxy) is 1. The Bertz CT molecular complexity index is 492. The van der Waals surface area contributed by atoms with Crippen molar-refractivity contribution in [3.8, 4) is 5.88 Å². The van der Waals surface area contributed by atoms with Gasteiger partial charge in [-0.25, -0.2) is 14.8 Å². The maximum absolute atomic E-state index is 11.6. The van der Waals surface area contributed by atoms with E-state index in [0.717, 1.165) is 18.4 Å². The molecule has 1 atom stereocenters. The fourth-order valence-electron chi connectivity index (χ4n) is 2.59. The number of rotatable bonds is 3. The van der Waals surface area contributed by atoms with Crippen molar-refractivity contribution in [3.63, 3.8) is 0 Å². The Balaban J connectivity index is 2.46. The van der Waals surface area contributed by atoms with Crippen LogP contribution in [0.1, 0.15) is 31.7 Å². The van der Waals surface area contributed by atoms with Crippen molar-refractivity contribution in [1.82, 2.24) is 9.97 Å². The zero-order valence-electron chi connectivity index (χ0n) is 11.5. The van der Waals surface area contributed by atoms with E-state index in [4.69, 9.17) is 4.74 Å². The molecule has 1 aromatic rings. The number of carboxylic acid groups (broad SMARTS) is 1. The molecule has 1 unspecified atom stereocenters. The molecule has 1 N–H and O–H groups in total. The summed E-state index contributed by atoms with van der Waals surface area (Å²) in [6.45, 7) is 4.29. The second kappa shape index (κ2) is 5.03. The first-order valence-corrected chi connectivity index (χ1v) is 6.37. The number of aliphatic carboxylic acids is 1. The molecule has 0 bridgehead atoms. The van der Waals surface area contributed by atoms with Crippen molar-refractivity contribution in [1.29, 1.82) is 0 Å². The molecule has 2 rings (SSSR count). The summed E-state index contributed by atoms with van der Waals surface area (Å²) >= 11 is 0. The van der Waals surface area contributed by atoms with Crippen LogP contribution in [0, 0.1) is 6.92 Å². The van der Waals surface area contributed by atoms with E-state index in [1.807, 2.05) is 11.8 Å². The highest BCUT2D eigenvalue weighted by Gasteiger charge is 2.42. The Hall–Kier alpha value is -1.85. The average Bonchev–Trinajstić information content (AvgIpc) is 2.40. The van der Waals surface area contributed by atoms with Crippen LogP contribution < -0.4 is 9.64 Å². The Kier molecular flexibility index (Phi) is 3.59. The Morgan fingerprint density at radius 2 is 2.21 bits per heavy atom. The van der Waals surface area contributed by atoms with Crippen LogP contribution in [0.4, 0.5) is 5.82 Å².